The van der Waals surface area contributed by atoms with Gasteiger partial charge in [-0.15, -0.1) is 11.3 Å². The Hall–Kier alpha value is -1.95. The van der Waals surface area contributed by atoms with E-state index in [1.54, 1.807) is 28.3 Å². The van der Waals surface area contributed by atoms with Crippen LogP contribution in [0.1, 0.15) is 16.2 Å². The molecule has 0 atom stereocenters. The van der Waals surface area contributed by atoms with Crippen molar-refractivity contribution in [1.29, 1.82) is 0 Å². The van der Waals surface area contributed by atoms with Crippen molar-refractivity contribution in [2.75, 3.05) is 11.4 Å². The first kappa shape index (κ1) is 12.1. The van der Waals surface area contributed by atoms with Gasteiger partial charge in [0, 0.05) is 15.8 Å². The van der Waals surface area contributed by atoms with Crippen molar-refractivity contribution in [1.82, 2.24) is 9.78 Å². The van der Waals surface area contributed by atoms with Gasteiger partial charge in [0.05, 0.1) is 25.7 Å². The Morgan fingerprint density at radius 1 is 1.32 bits per heavy atom. The highest BCUT2D eigenvalue weighted by Crippen LogP contribution is 2.22. The maximum absolute atomic E-state index is 11.8. The van der Waals surface area contributed by atoms with Gasteiger partial charge in [-0.05, 0) is 19.1 Å². The van der Waals surface area contributed by atoms with Gasteiger partial charge in [-0.3, -0.25) is 14.5 Å². The lowest BCUT2D eigenvalue weighted by atomic mass is 10.3. The molecular weight excluding hydrogens is 262 g/mol. The maximum Gasteiger partial charge on any atom is 0.236 e. The Balaban J connectivity index is 1.86. The van der Waals surface area contributed by atoms with E-state index in [1.807, 2.05) is 0 Å². The molecule has 2 aromatic heterocycles. The van der Waals surface area contributed by atoms with Crippen LogP contribution in [0.5, 0.6) is 0 Å². The largest absolute Gasteiger partial charge is 0.297 e. The van der Waals surface area contributed by atoms with E-state index in [4.69, 9.17) is 0 Å². The van der Waals surface area contributed by atoms with Crippen LogP contribution in [0.2, 0.25) is 0 Å². The summed E-state index contributed by atoms with van der Waals surface area (Å²) in [5, 5.41) is 4.24. The molecule has 0 radical (unpaired) electrons. The van der Waals surface area contributed by atoms with Crippen LogP contribution < -0.4 is 4.90 Å². The van der Waals surface area contributed by atoms with Crippen LogP contribution in [0.3, 0.4) is 0 Å². The first-order chi connectivity index (χ1) is 9.13. The topological polar surface area (TPSA) is 55.2 Å². The Labute approximate surface area is 114 Å². The second-order valence-electron chi connectivity index (χ2n) is 4.55. The lowest BCUT2D eigenvalue weighted by Gasteiger charge is -2.15. The zero-order chi connectivity index (χ0) is 13.4. The molecule has 1 fully saturated rings. The van der Waals surface area contributed by atoms with E-state index in [0.29, 0.717) is 12.4 Å². The fourth-order valence-electron chi connectivity index (χ4n) is 2.19. The zero-order valence-electron chi connectivity index (χ0n) is 10.5. The number of rotatable bonds is 3. The highest BCUT2D eigenvalue weighted by Gasteiger charge is 2.30. The van der Waals surface area contributed by atoms with E-state index >= 15 is 0 Å². The molecule has 0 unspecified atom stereocenters. The fourth-order valence-corrected chi connectivity index (χ4v) is 3.06. The summed E-state index contributed by atoms with van der Waals surface area (Å²) >= 11 is 1.71. The van der Waals surface area contributed by atoms with Crippen LogP contribution in [0.15, 0.2) is 24.4 Å². The van der Waals surface area contributed by atoms with Crippen molar-refractivity contribution in [3.05, 3.63) is 34.2 Å². The van der Waals surface area contributed by atoms with E-state index in [9.17, 15) is 9.59 Å². The summed E-state index contributed by atoms with van der Waals surface area (Å²) in [5.74, 6) is 0.515. The van der Waals surface area contributed by atoms with Crippen LogP contribution >= 0.6 is 11.3 Å². The summed E-state index contributed by atoms with van der Waals surface area (Å²) in [6.45, 7) is 2.84. The number of carbonyl (C=O) groups excluding carboxylic acids is 2. The molecule has 0 N–H and O–H groups in total. The molecule has 0 aromatic carbocycles. The van der Waals surface area contributed by atoms with Gasteiger partial charge in [0.1, 0.15) is 5.82 Å². The molecule has 6 heteroatoms. The predicted molar refractivity (Wildman–Crippen MR) is 72.4 cm³/mol. The molecular formula is C13H13N3O2S. The van der Waals surface area contributed by atoms with E-state index in [2.05, 4.69) is 24.2 Å². The molecule has 2 aromatic rings. The van der Waals surface area contributed by atoms with Crippen molar-refractivity contribution >= 4 is 28.8 Å². The number of thiophene rings is 1. The van der Waals surface area contributed by atoms with Crippen LogP contribution in [0.25, 0.3) is 0 Å². The first-order valence-corrected chi connectivity index (χ1v) is 6.84. The summed E-state index contributed by atoms with van der Waals surface area (Å²) in [6.07, 6.45) is 1.66. The molecule has 5 nitrogen and oxygen atoms in total. The molecule has 0 spiro atoms. The van der Waals surface area contributed by atoms with Crippen molar-refractivity contribution in [2.24, 2.45) is 0 Å². The standard InChI is InChI=1S/C13H13N3O2S/c1-9-2-3-11(19-9)8-16-12(4-5-14-16)15-7-10(17)6-13(15)18/h2-5H,6-8H2,1H3. The van der Waals surface area contributed by atoms with Crippen molar-refractivity contribution in [2.45, 2.75) is 19.9 Å². The molecule has 3 heterocycles. The Morgan fingerprint density at radius 3 is 2.79 bits per heavy atom. The molecule has 1 amide bonds. The third-order valence-corrected chi connectivity index (χ3v) is 4.04. The van der Waals surface area contributed by atoms with Gasteiger partial charge < -0.3 is 0 Å². The van der Waals surface area contributed by atoms with Gasteiger partial charge in [0.2, 0.25) is 5.91 Å². The minimum Gasteiger partial charge on any atom is -0.297 e. The molecule has 0 aliphatic carbocycles. The third kappa shape index (κ3) is 2.31. The van der Waals surface area contributed by atoms with Crippen LogP contribution in [-0.2, 0) is 16.1 Å². The van der Waals surface area contributed by atoms with Gasteiger partial charge in [-0.2, -0.15) is 5.10 Å². The lowest BCUT2D eigenvalue weighted by molar-refractivity contribution is -0.121. The predicted octanol–water partition coefficient (Wildman–Crippen LogP) is 1.61. The van der Waals surface area contributed by atoms with Crippen molar-refractivity contribution in [3.8, 4) is 0 Å². The number of Topliss-reactive ketones (excluding diaryl/α,β-unsaturated/α-hetero) is 1. The normalized spacial score (nSPS) is 15.5. The number of amides is 1. The van der Waals surface area contributed by atoms with Crippen LogP contribution in [0, 0.1) is 6.92 Å². The second-order valence-corrected chi connectivity index (χ2v) is 5.93. The summed E-state index contributed by atoms with van der Waals surface area (Å²) in [5.41, 5.74) is 0. The molecule has 19 heavy (non-hydrogen) atoms. The van der Waals surface area contributed by atoms with Gasteiger partial charge in [-0.25, -0.2) is 4.68 Å². The summed E-state index contributed by atoms with van der Waals surface area (Å²) < 4.78 is 1.77. The molecule has 1 aliphatic rings. The number of ketones is 1. The molecule has 98 valence electrons. The van der Waals surface area contributed by atoms with E-state index in [0.717, 1.165) is 0 Å². The van der Waals surface area contributed by atoms with Crippen LogP contribution in [0.4, 0.5) is 5.82 Å². The maximum atomic E-state index is 11.8. The smallest absolute Gasteiger partial charge is 0.236 e. The SMILES string of the molecule is Cc1ccc(Cn2nccc2N2CC(=O)CC2=O)s1. The molecule has 0 bridgehead atoms. The third-order valence-electron chi connectivity index (χ3n) is 3.06. The summed E-state index contributed by atoms with van der Waals surface area (Å²) in [4.78, 5) is 27.0. The quantitative estimate of drug-likeness (QED) is 0.800. The minimum atomic E-state index is -0.144. The Kier molecular flexibility index (Phi) is 2.94. The van der Waals surface area contributed by atoms with E-state index < -0.39 is 0 Å². The molecule has 1 saturated heterocycles. The van der Waals surface area contributed by atoms with Gasteiger partial charge in [-0.1, -0.05) is 0 Å². The monoisotopic (exact) mass is 275 g/mol. The van der Waals surface area contributed by atoms with Crippen molar-refractivity contribution < 1.29 is 9.59 Å². The minimum absolute atomic E-state index is 0.00326. The number of anilines is 1. The highest BCUT2D eigenvalue weighted by molar-refractivity contribution is 7.11. The molecule has 3 rings (SSSR count). The van der Waals surface area contributed by atoms with Gasteiger partial charge >= 0.3 is 0 Å². The van der Waals surface area contributed by atoms with E-state index in [1.165, 1.54) is 14.7 Å². The van der Waals surface area contributed by atoms with Crippen LogP contribution in [-0.4, -0.2) is 28.0 Å². The average Bonchev–Trinajstić information content (AvgIpc) is 3.02. The van der Waals surface area contributed by atoms with E-state index in [-0.39, 0.29) is 24.7 Å². The molecule has 1 aliphatic heterocycles. The summed E-state index contributed by atoms with van der Waals surface area (Å²) in [6, 6.07) is 5.90. The fraction of sp³-hybridized carbons (Fsp3) is 0.308. The van der Waals surface area contributed by atoms with Gasteiger partial charge in [0.15, 0.2) is 5.78 Å². The number of nitrogens with zero attached hydrogens (tertiary/aromatic N) is 3. The first-order valence-electron chi connectivity index (χ1n) is 6.02. The Morgan fingerprint density at radius 2 is 2.16 bits per heavy atom. The number of carbonyl (C=O) groups is 2. The molecule has 0 saturated carbocycles. The van der Waals surface area contributed by atoms with Crippen molar-refractivity contribution in [3.63, 3.8) is 0 Å². The number of hydrogen-bond donors (Lipinski definition) is 0. The zero-order valence-corrected chi connectivity index (χ0v) is 11.3. The summed E-state index contributed by atoms with van der Waals surface area (Å²) in [7, 11) is 0. The number of aryl methyl sites for hydroxylation is 1. The average molecular weight is 275 g/mol. The Bertz CT molecular complexity index is 644. The lowest BCUT2D eigenvalue weighted by Crippen LogP contribution is -2.27. The number of hydrogen-bond acceptors (Lipinski definition) is 4. The van der Waals surface area contributed by atoms with Gasteiger partial charge in [0.25, 0.3) is 0 Å². The highest BCUT2D eigenvalue weighted by atomic mass is 32.1. The second kappa shape index (κ2) is 4.62. The number of aromatic nitrogens is 2.